The van der Waals surface area contributed by atoms with Crippen molar-refractivity contribution in [2.45, 2.75) is 64.1 Å². The summed E-state index contributed by atoms with van der Waals surface area (Å²) in [5.74, 6) is 1.30. The zero-order chi connectivity index (χ0) is 27.2. The fourth-order valence-electron chi connectivity index (χ4n) is 5.38. The van der Waals surface area contributed by atoms with Gasteiger partial charge in [0.25, 0.3) is 5.91 Å². The number of carbonyl (C=O) groups excluding carboxylic acids is 2. The third kappa shape index (κ3) is 6.13. The number of anilines is 1. The molecular weight excluding hydrogens is 494 g/mol. The molecule has 2 unspecified atom stereocenters. The molecule has 1 aliphatic carbocycles. The lowest BCUT2D eigenvalue weighted by atomic mass is 9.87. The Morgan fingerprint density at radius 1 is 1.18 bits per heavy atom. The van der Waals surface area contributed by atoms with E-state index in [4.69, 9.17) is 14.6 Å². The van der Waals surface area contributed by atoms with Crippen LogP contribution in [0.15, 0.2) is 60.1 Å². The molecule has 0 spiro atoms. The molecule has 39 heavy (non-hydrogen) atoms. The van der Waals surface area contributed by atoms with Crippen molar-refractivity contribution in [1.29, 1.82) is 0 Å². The minimum atomic E-state index is -0.339. The van der Waals surface area contributed by atoms with Gasteiger partial charge in [0.05, 0.1) is 31.8 Å². The zero-order valence-electron chi connectivity index (χ0n) is 22.4. The number of nitrogens with one attached hydrogen (secondary N) is 2. The molecule has 2 heterocycles. The van der Waals surface area contributed by atoms with Crippen molar-refractivity contribution in [3.8, 4) is 11.5 Å². The molecule has 1 aromatic heterocycles. The highest BCUT2D eigenvalue weighted by atomic mass is 16.5. The van der Waals surface area contributed by atoms with Crippen molar-refractivity contribution >= 4 is 23.6 Å². The Bertz CT molecular complexity index is 1320. The van der Waals surface area contributed by atoms with Crippen LogP contribution in [0.1, 0.15) is 67.1 Å². The van der Waals surface area contributed by atoms with Crippen LogP contribution in [-0.2, 0) is 11.3 Å². The van der Waals surface area contributed by atoms with Crippen LogP contribution in [0, 0.1) is 5.92 Å². The lowest BCUT2D eigenvalue weighted by Crippen LogP contribution is -2.41. The van der Waals surface area contributed by atoms with E-state index in [0.717, 1.165) is 48.1 Å². The van der Waals surface area contributed by atoms with Gasteiger partial charge in [-0.15, -0.1) is 0 Å². The number of aromatic amines is 1. The normalized spacial score (nSPS) is 19.4. The van der Waals surface area contributed by atoms with Gasteiger partial charge >= 0.3 is 0 Å². The predicted octanol–water partition coefficient (Wildman–Crippen LogP) is 5.20. The third-order valence-corrected chi connectivity index (χ3v) is 7.50. The molecule has 2 N–H and O–H groups in total. The number of carbonyl (C=O) groups is 2. The molecule has 0 bridgehead atoms. The van der Waals surface area contributed by atoms with Crippen molar-refractivity contribution in [2.75, 3.05) is 12.4 Å². The molecule has 1 amide bonds. The van der Waals surface area contributed by atoms with E-state index in [0.29, 0.717) is 30.1 Å². The summed E-state index contributed by atoms with van der Waals surface area (Å²) in [5, 5.41) is 9.76. The van der Waals surface area contributed by atoms with E-state index in [1.807, 2.05) is 47.5 Å². The Morgan fingerprint density at radius 2 is 2.03 bits per heavy atom. The van der Waals surface area contributed by atoms with Crippen molar-refractivity contribution in [3.05, 3.63) is 71.8 Å². The summed E-state index contributed by atoms with van der Waals surface area (Å²) in [5.41, 5.74) is 3.81. The van der Waals surface area contributed by atoms with E-state index in [-0.39, 0.29) is 24.0 Å². The number of hydrogen-bond donors (Lipinski definition) is 2. The van der Waals surface area contributed by atoms with Gasteiger partial charge in [0.1, 0.15) is 18.0 Å². The second-order valence-electron chi connectivity index (χ2n) is 10.1. The van der Waals surface area contributed by atoms with Gasteiger partial charge in [-0.2, -0.15) is 5.10 Å². The van der Waals surface area contributed by atoms with Gasteiger partial charge in [-0.05, 0) is 74.4 Å². The lowest BCUT2D eigenvalue weighted by molar-refractivity contribution is -0.113. The smallest absolute Gasteiger partial charge is 0.275 e. The molecule has 0 radical (unpaired) electrons. The van der Waals surface area contributed by atoms with E-state index in [9.17, 15) is 9.59 Å². The number of aldehydes is 1. The summed E-state index contributed by atoms with van der Waals surface area (Å²) in [6.07, 6.45) is 10.2. The Balaban J connectivity index is 1.40. The van der Waals surface area contributed by atoms with Gasteiger partial charge in [0.15, 0.2) is 11.5 Å². The quantitative estimate of drug-likeness (QED) is 0.350. The molecule has 204 valence electrons. The highest BCUT2D eigenvalue weighted by Gasteiger charge is 2.31. The number of ether oxygens (including phenoxy) is 2. The van der Waals surface area contributed by atoms with Crippen LogP contribution >= 0.6 is 0 Å². The first-order valence-electron chi connectivity index (χ1n) is 13.6. The zero-order valence-corrected chi connectivity index (χ0v) is 22.4. The van der Waals surface area contributed by atoms with Crippen LogP contribution in [0.5, 0.6) is 11.5 Å². The Hall–Kier alpha value is -4.14. The molecular formula is C30H35N5O4. The maximum absolute atomic E-state index is 12.4. The number of imidazole rings is 1. The molecule has 5 rings (SSSR count). The van der Waals surface area contributed by atoms with Gasteiger partial charge in [-0.25, -0.2) is 4.98 Å². The summed E-state index contributed by atoms with van der Waals surface area (Å²) in [6, 6.07) is 13.2. The van der Waals surface area contributed by atoms with Crippen molar-refractivity contribution in [1.82, 2.24) is 15.0 Å². The van der Waals surface area contributed by atoms with Gasteiger partial charge < -0.3 is 24.6 Å². The summed E-state index contributed by atoms with van der Waals surface area (Å²) in [6.45, 7) is 2.56. The van der Waals surface area contributed by atoms with Gasteiger partial charge in [-0.3, -0.25) is 9.80 Å². The Labute approximate surface area is 228 Å². The summed E-state index contributed by atoms with van der Waals surface area (Å²) < 4.78 is 11.9. The second-order valence-corrected chi connectivity index (χ2v) is 10.1. The highest BCUT2D eigenvalue weighted by molar-refractivity contribution is 6.03. The Morgan fingerprint density at radius 3 is 2.74 bits per heavy atom. The predicted molar refractivity (Wildman–Crippen MR) is 149 cm³/mol. The van der Waals surface area contributed by atoms with Crippen LogP contribution in [0.2, 0.25) is 0 Å². The first-order valence-corrected chi connectivity index (χ1v) is 13.6. The minimum Gasteiger partial charge on any atom is -0.493 e. The van der Waals surface area contributed by atoms with Gasteiger partial charge in [0.2, 0.25) is 0 Å². The van der Waals surface area contributed by atoms with Crippen LogP contribution in [-0.4, -0.2) is 52.1 Å². The number of amides is 1. The molecule has 0 saturated heterocycles. The minimum absolute atomic E-state index is 0.142. The van der Waals surface area contributed by atoms with Crippen LogP contribution in [0.25, 0.3) is 0 Å². The van der Waals surface area contributed by atoms with Crippen molar-refractivity contribution in [3.63, 3.8) is 0 Å². The molecule has 2 aromatic carbocycles. The van der Waals surface area contributed by atoms with Crippen LogP contribution in [0.4, 0.5) is 5.69 Å². The monoisotopic (exact) mass is 529 g/mol. The largest absolute Gasteiger partial charge is 0.493 e. The Kier molecular flexibility index (Phi) is 8.24. The maximum Gasteiger partial charge on any atom is 0.275 e. The number of hydrazone groups is 1. The first kappa shape index (κ1) is 26.5. The number of benzene rings is 2. The van der Waals surface area contributed by atoms with E-state index < -0.39 is 0 Å². The summed E-state index contributed by atoms with van der Waals surface area (Å²) in [7, 11) is 1.66. The number of hydrogen-bond acceptors (Lipinski definition) is 7. The van der Waals surface area contributed by atoms with Crippen molar-refractivity contribution in [2.24, 2.45) is 11.0 Å². The molecule has 1 fully saturated rings. The lowest BCUT2D eigenvalue weighted by Gasteiger charge is -2.35. The molecule has 3 aromatic rings. The first-order chi connectivity index (χ1) is 19.1. The average molecular weight is 530 g/mol. The highest BCUT2D eigenvalue weighted by Crippen LogP contribution is 2.35. The number of aromatic nitrogens is 2. The van der Waals surface area contributed by atoms with E-state index in [1.54, 1.807) is 13.3 Å². The number of nitrogens with zero attached hydrogens (tertiary/aromatic N) is 3. The average Bonchev–Trinajstić information content (AvgIpc) is 3.68. The third-order valence-electron chi connectivity index (χ3n) is 7.50. The molecule has 9 nitrogen and oxygen atoms in total. The number of rotatable bonds is 10. The topological polar surface area (TPSA) is 109 Å². The van der Waals surface area contributed by atoms with Crippen LogP contribution < -0.4 is 14.8 Å². The maximum atomic E-state index is 12.4. The second kappa shape index (κ2) is 12.1. The van der Waals surface area contributed by atoms with E-state index in [1.165, 1.54) is 19.2 Å². The SMILES string of the molecule is CCC1CC(C=O)N(Cc2cccc(NC(=O)c3c[nH]cn3)c2)N=C1c1ccc(OC)c(OC2CCCC2)c1. The van der Waals surface area contributed by atoms with E-state index in [2.05, 4.69) is 22.2 Å². The molecule has 1 aliphatic heterocycles. The standard InChI is InChI=1S/C30H35N5O4/c1-3-21-14-24(18-36)35(17-20-7-6-8-23(13-20)33-30(37)26-16-31-19-32-26)34-29(21)22-11-12-27(38-2)28(15-22)39-25-9-4-5-10-25/h6-8,11-13,15-16,18-19,21,24-25H,3-5,9-10,14,17H2,1-2H3,(H,31,32)(H,33,37). The number of methoxy groups -OCH3 is 1. The fourth-order valence-corrected chi connectivity index (χ4v) is 5.38. The molecule has 9 heteroatoms. The molecule has 1 saturated carbocycles. The number of H-pyrrole nitrogens is 1. The van der Waals surface area contributed by atoms with Crippen molar-refractivity contribution < 1.29 is 19.1 Å². The summed E-state index contributed by atoms with van der Waals surface area (Å²) in [4.78, 5) is 31.3. The summed E-state index contributed by atoms with van der Waals surface area (Å²) >= 11 is 0. The van der Waals surface area contributed by atoms with Gasteiger partial charge in [-0.1, -0.05) is 19.1 Å². The van der Waals surface area contributed by atoms with E-state index >= 15 is 0 Å². The van der Waals surface area contributed by atoms with Gasteiger partial charge in [0, 0.05) is 23.4 Å². The van der Waals surface area contributed by atoms with Crippen LogP contribution in [0.3, 0.4) is 0 Å². The molecule has 2 atom stereocenters. The fraction of sp³-hybridized carbons (Fsp3) is 0.400. The molecule has 2 aliphatic rings.